The molecule has 0 amide bonds. The van der Waals surface area contributed by atoms with Gasteiger partial charge in [0.25, 0.3) is 0 Å². The van der Waals surface area contributed by atoms with Gasteiger partial charge in [0, 0.05) is 38.2 Å². The maximum Gasteiger partial charge on any atom is 0.143 e. The first-order valence-corrected chi connectivity index (χ1v) is 15.7. The summed E-state index contributed by atoms with van der Waals surface area (Å²) in [6.45, 7) is 0. The molecule has 0 aliphatic carbocycles. The summed E-state index contributed by atoms with van der Waals surface area (Å²) >= 11 is 0. The van der Waals surface area contributed by atoms with Crippen LogP contribution in [0.2, 0.25) is 0 Å². The molecule has 0 bridgehead atoms. The Bertz CT molecular complexity index is 2730. The highest BCUT2D eigenvalue weighted by Gasteiger charge is 2.19. The second-order valence-electron chi connectivity index (χ2n) is 11.9. The van der Waals surface area contributed by atoms with Crippen LogP contribution in [0, 0.1) is 22.7 Å². The molecule has 48 heavy (non-hydrogen) atoms. The van der Waals surface area contributed by atoms with Crippen LogP contribution in [-0.2, 0) is 0 Å². The predicted molar refractivity (Wildman–Crippen MR) is 192 cm³/mol. The molecular weight excluding hydrogens is 588 g/mol. The Hall–Kier alpha value is -6.88. The van der Waals surface area contributed by atoms with E-state index in [-0.39, 0.29) is 0 Å². The largest absolute Gasteiger partial charge is 0.456 e. The van der Waals surface area contributed by atoms with Crippen LogP contribution < -0.4 is 0 Å². The molecule has 4 nitrogen and oxygen atoms in total. The molecule has 7 aromatic carbocycles. The number of nitrogens with zero attached hydrogens (tertiary/aromatic N) is 2. The first kappa shape index (κ1) is 27.4. The van der Waals surface area contributed by atoms with Crippen LogP contribution in [0.3, 0.4) is 0 Å². The van der Waals surface area contributed by atoms with Crippen LogP contribution in [-0.4, -0.2) is 0 Å². The minimum absolute atomic E-state index is 0.598. The highest BCUT2D eigenvalue weighted by atomic mass is 16.3. The van der Waals surface area contributed by atoms with E-state index in [1.807, 2.05) is 91.0 Å². The van der Waals surface area contributed by atoms with E-state index in [2.05, 4.69) is 66.7 Å². The number of rotatable bonds is 4. The van der Waals surface area contributed by atoms with Crippen LogP contribution in [0.4, 0.5) is 0 Å². The van der Waals surface area contributed by atoms with Gasteiger partial charge in [0.1, 0.15) is 28.4 Å². The van der Waals surface area contributed by atoms with Crippen LogP contribution >= 0.6 is 0 Å². The molecule has 0 radical (unpaired) electrons. The number of furan rings is 2. The molecular formula is C44H24N2O2. The molecule has 2 aromatic heterocycles. The number of para-hydroxylation sites is 1. The maximum absolute atomic E-state index is 10.4. The van der Waals surface area contributed by atoms with E-state index in [4.69, 9.17) is 8.83 Å². The van der Waals surface area contributed by atoms with Crippen molar-refractivity contribution in [2.45, 2.75) is 0 Å². The lowest BCUT2D eigenvalue weighted by Gasteiger charge is -2.14. The summed E-state index contributed by atoms with van der Waals surface area (Å²) in [4.78, 5) is 0. The summed E-state index contributed by atoms with van der Waals surface area (Å²) < 4.78 is 12.7. The van der Waals surface area contributed by atoms with Gasteiger partial charge in [-0.3, -0.25) is 0 Å². The lowest BCUT2D eigenvalue weighted by molar-refractivity contribution is 0.668. The molecule has 0 spiro atoms. The first-order chi connectivity index (χ1) is 23.7. The van der Waals surface area contributed by atoms with Crippen LogP contribution in [0.1, 0.15) is 11.1 Å². The van der Waals surface area contributed by atoms with Crippen LogP contribution in [0.5, 0.6) is 0 Å². The lowest BCUT2D eigenvalue weighted by Crippen LogP contribution is -1.93. The third-order valence-electron chi connectivity index (χ3n) is 9.18. The SMILES string of the molecule is N#Cc1c(-c2ccccc2)cc(-c2cccc3c2oc2ccc(-c4ccc5oc6cccc(C#N)c6c5c4)cc23)cc1-c1ccccc1. The summed E-state index contributed by atoms with van der Waals surface area (Å²) in [5, 5.41) is 23.9. The zero-order chi connectivity index (χ0) is 32.2. The van der Waals surface area contributed by atoms with E-state index in [1.165, 1.54) is 0 Å². The first-order valence-electron chi connectivity index (χ1n) is 15.7. The van der Waals surface area contributed by atoms with Gasteiger partial charge in [-0.25, -0.2) is 0 Å². The summed E-state index contributed by atoms with van der Waals surface area (Å²) in [5.74, 6) is 0. The predicted octanol–water partition coefficient (Wildman–Crippen LogP) is 11.9. The molecule has 0 atom stereocenters. The number of nitriles is 2. The molecule has 0 saturated heterocycles. The van der Waals surface area contributed by atoms with Crippen molar-refractivity contribution >= 4 is 43.9 Å². The topological polar surface area (TPSA) is 73.9 Å². The van der Waals surface area contributed by atoms with Gasteiger partial charge in [-0.05, 0) is 76.3 Å². The average Bonchev–Trinajstić information content (AvgIpc) is 3.72. The van der Waals surface area contributed by atoms with Crippen molar-refractivity contribution < 1.29 is 8.83 Å². The van der Waals surface area contributed by atoms with Crippen molar-refractivity contribution in [3.8, 4) is 56.6 Å². The van der Waals surface area contributed by atoms with E-state index in [0.29, 0.717) is 16.7 Å². The molecule has 9 aromatic rings. The summed E-state index contributed by atoms with van der Waals surface area (Å²) in [6, 6.07) is 53.4. The standard InChI is InChI=1S/C44H24N2O2/c45-25-31-13-7-16-42-43(31)38-22-30(18-20-41(38)47-42)29-17-19-40-37(21-29)34-15-8-14-33(44(34)48-40)32-23-35(27-9-3-1-4-10-27)39(26-46)36(24-32)28-11-5-2-6-12-28/h1-24H. The summed E-state index contributed by atoms with van der Waals surface area (Å²) in [6.07, 6.45) is 0. The van der Waals surface area contributed by atoms with E-state index in [1.54, 1.807) is 0 Å². The Morgan fingerprint density at radius 1 is 0.396 bits per heavy atom. The Morgan fingerprint density at radius 2 is 1.02 bits per heavy atom. The van der Waals surface area contributed by atoms with E-state index in [9.17, 15) is 10.5 Å². The van der Waals surface area contributed by atoms with E-state index >= 15 is 0 Å². The van der Waals surface area contributed by atoms with Crippen LogP contribution in [0.25, 0.3) is 88.4 Å². The smallest absolute Gasteiger partial charge is 0.143 e. The van der Waals surface area contributed by atoms with E-state index in [0.717, 1.165) is 82.8 Å². The molecule has 0 aliphatic heterocycles. The normalized spacial score (nSPS) is 11.3. The second-order valence-corrected chi connectivity index (χ2v) is 11.9. The Balaban J connectivity index is 1.23. The fourth-order valence-electron chi connectivity index (χ4n) is 6.91. The molecule has 0 aliphatic rings. The van der Waals surface area contributed by atoms with Gasteiger partial charge < -0.3 is 8.83 Å². The second kappa shape index (κ2) is 10.9. The molecule has 0 unspecified atom stereocenters. The van der Waals surface area contributed by atoms with Crippen LogP contribution in [0.15, 0.2) is 154 Å². The summed E-state index contributed by atoms with van der Waals surface area (Å²) in [5.41, 5.74) is 12.0. The molecule has 222 valence electrons. The third-order valence-corrected chi connectivity index (χ3v) is 9.18. The third kappa shape index (κ3) is 4.29. The molecule has 4 heteroatoms. The van der Waals surface area contributed by atoms with Gasteiger partial charge in [-0.2, -0.15) is 10.5 Å². The minimum atomic E-state index is 0.598. The van der Waals surface area contributed by atoms with Gasteiger partial charge in [-0.1, -0.05) is 97.1 Å². The lowest BCUT2D eigenvalue weighted by atomic mass is 9.88. The number of benzene rings is 7. The van der Waals surface area contributed by atoms with Crippen molar-refractivity contribution in [3.05, 3.63) is 157 Å². The zero-order valence-electron chi connectivity index (χ0n) is 25.6. The van der Waals surface area contributed by atoms with Gasteiger partial charge in [0.05, 0.1) is 17.2 Å². The zero-order valence-corrected chi connectivity index (χ0v) is 25.6. The van der Waals surface area contributed by atoms with Crippen molar-refractivity contribution in [2.24, 2.45) is 0 Å². The fourth-order valence-corrected chi connectivity index (χ4v) is 6.91. The van der Waals surface area contributed by atoms with Gasteiger partial charge in [0.15, 0.2) is 0 Å². The number of hydrogen-bond acceptors (Lipinski definition) is 4. The maximum atomic E-state index is 10.4. The molecule has 9 rings (SSSR count). The highest BCUT2D eigenvalue weighted by molar-refractivity contribution is 6.12. The highest BCUT2D eigenvalue weighted by Crippen LogP contribution is 2.42. The fraction of sp³-hybridized carbons (Fsp3) is 0. The Labute approximate surface area is 275 Å². The van der Waals surface area contributed by atoms with Crippen molar-refractivity contribution in [3.63, 3.8) is 0 Å². The number of fused-ring (bicyclic) bond motifs is 6. The number of hydrogen-bond donors (Lipinski definition) is 0. The summed E-state index contributed by atoms with van der Waals surface area (Å²) in [7, 11) is 0. The van der Waals surface area contributed by atoms with Gasteiger partial charge in [-0.15, -0.1) is 0 Å². The quantitative estimate of drug-likeness (QED) is 0.198. The minimum Gasteiger partial charge on any atom is -0.456 e. The van der Waals surface area contributed by atoms with E-state index < -0.39 is 0 Å². The van der Waals surface area contributed by atoms with Gasteiger partial charge in [0.2, 0.25) is 0 Å². The molecule has 0 N–H and O–H groups in total. The van der Waals surface area contributed by atoms with Crippen molar-refractivity contribution in [1.29, 1.82) is 10.5 Å². The molecule has 2 heterocycles. The monoisotopic (exact) mass is 612 g/mol. The van der Waals surface area contributed by atoms with Gasteiger partial charge >= 0.3 is 0 Å². The Kier molecular flexibility index (Phi) is 6.22. The molecule has 0 saturated carbocycles. The van der Waals surface area contributed by atoms with Crippen molar-refractivity contribution in [1.82, 2.24) is 0 Å². The van der Waals surface area contributed by atoms with Crippen molar-refractivity contribution in [2.75, 3.05) is 0 Å². The molecule has 0 fully saturated rings. The average molecular weight is 613 g/mol. The Morgan fingerprint density at radius 3 is 1.67 bits per heavy atom.